The van der Waals surface area contributed by atoms with Crippen LogP contribution >= 0.6 is 11.3 Å². The Morgan fingerprint density at radius 2 is 1.80 bits per heavy atom. The van der Waals surface area contributed by atoms with Crippen molar-refractivity contribution in [2.75, 3.05) is 16.4 Å². The summed E-state index contributed by atoms with van der Waals surface area (Å²) in [7, 11) is 0. The number of nitrogens with one attached hydrogen (secondary N) is 2. The largest absolute Gasteiger partial charge is 0.396 e. The molecule has 6 heteroatoms. The summed E-state index contributed by atoms with van der Waals surface area (Å²) in [5, 5.41) is 16.0. The van der Waals surface area contributed by atoms with Gasteiger partial charge in [0.15, 0.2) is 0 Å². The van der Waals surface area contributed by atoms with Crippen molar-refractivity contribution in [3.63, 3.8) is 0 Å². The van der Waals surface area contributed by atoms with Crippen LogP contribution in [0.25, 0.3) is 0 Å². The Bertz CT molecular complexity index is 957. The van der Waals surface area contributed by atoms with E-state index < -0.39 is 0 Å². The molecule has 5 nitrogen and oxygen atoms in total. The average molecular weight is 348 g/mol. The molecule has 0 aliphatic heterocycles. The molecule has 0 spiro atoms. The van der Waals surface area contributed by atoms with Gasteiger partial charge in [0.2, 0.25) is 0 Å². The van der Waals surface area contributed by atoms with E-state index in [-0.39, 0.29) is 17.2 Å². The van der Waals surface area contributed by atoms with E-state index in [9.17, 15) is 10.1 Å². The lowest BCUT2D eigenvalue weighted by atomic mass is 10.2. The van der Waals surface area contributed by atoms with Gasteiger partial charge >= 0.3 is 0 Å². The van der Waals surface area contributed by atoms with Gasteiger partial charge in [0.25, 0.3) is 5.91 Å². The molecule has 0 bridgehead atoms. The first-order valence-corrected chi connectivity index (χ1v) is 8.43. The third-order valence-corrected chi connectivity index (χ3v) is 4.81. The number of carbonyl (C=O) groups is 1. The van der Waals surface area contributed by atoms with Crippen LogP contribution in [0.5, 0.6) is 0 Å². The van der Waals surface area contributed by atoms with Gasteiger partial charge in [-0.25, -0.2) is 0 Å². The second kappa shape index (κ2) is 7.07. The predicted octanol–water partition coefficient (Wildman–Crippen LogP) is 4.51. The molecule has 0 aliphatic carbocycles. The molecule has 124 valence electrons. The highest BCUT2D eigenvalue weighted by Gasteiger charge is 2.21. The lowest BCUT2D eigenvalue weighted by molar-refractivity contribution is 0.103. The minimum atomic E-state index is -0.325. The third kappa shape index (κ3) is 3.47. The van der Waals surface area contributed by atoms with E-state index in [4.69, 9.17) is 5.73 Å². The van der Waals surface area contributed by atoms with E-state index in [1.807, 2.05) is 61.5 Å². The van der Waals surface area contributed by atoms with Gasteiger partial charge in [0, 0.05) is 11.4 Å². The average Bonchev–Trinajstić information content (AvgIpc) is 2.93. The smallest absolute Gasteiger partial charge is 0.267 e. The van der Waals surface area contributed by atoms with Crippen LogP contribution in [-0.4, -0.2) is 5.91 Å². The van der Waals surface area contributed by atoms with Crippen molar-refractivity contribution >= 4 is 39.3 Å². The second-order valence-corrected chi connectivity index (χ2v) is 6.44. The molecule has 1 heterocycles. The highest BCUT2D eigenvalue weighted by Crippen LogP contribution is 2.37. The molecule has 0 saturated heterocycles. The Labute approximate surface area is 149 Å². The maximum Gasteiger partial charge on any atom is 0.267 e. The minimum absolute atomic E-state index is 0.192. The number of amides is 1. The topological polar surface area (TPSA) is 90.9 Å². The SMILES string of the molecule is Cc1ccccc1NC(=O)c1sc(Nc2ccccc2)c(C#N)c1N. The lowest BCUT2D eigenvalue weighted by Gasteiger charge is -2.07. The van der Waals surface area contributed by atoms with E-state index in [2.05, 4.69) is 16.7 Å². The molecule has 0 atom stereocenters. The van der Waals surface area contributed by atoms with E-state index in [1.54, 1.807) is 0 Å². The molecule has 1 aromatic heterocycles. The molecule has 3 rings (SSSR count). The normalized spacial score (nSPS) is 10.1. The monoisotopic (exact) mass is 348 g/mol. The summed E-state index contributed by atoms with van der Waals surface area (Å²) >= 11 is 1.17. The summed E-state index contributed by atoms with van der Waals surface area (Å²) < 4.78 is 0. The predicted molar refractivity (Wildman–Crippen MR) is 102 cm³/mol. The standard InChI is InChI=1S/C19H16N4OS/c1-12-7-5-6-10-15(12)23-18(24)17-16(21)14(11-20)19(25-17)22-13-8-3-2-4-9-13/h2-10,22H,21H2,1H3,(H,23,24). The quantitative estimate of drug-likeness (QED) is 0.647. The van der Waals surface area contributed by atoms with Crippen LogP contribution in [-0.2, 0) is 0 Å². The van der Waals surface area contributed by atoms with Gasteiger partial charge in [-0.2, -0.15) is 5.26 Å². The molecule has 25 heavy (non-hydrogen) atoms. The molecule has 0 fully saturated rings. The van der Waals surface area contributed by atoms with Crippen molar-refractivity contribution < 1.29 is 4.79 Å². The summed E-state index contributed by atoms with van der Waals surface area (Å²) in [5.74, 6) is -0.325. The number of carbonyl (C=O) groups excluding carboxylic acids is 1. The van der Waals surface area contributed by atoms with Gasteiger partial charge in [-0.3, -0.25) is 4.79 Å². The number of nitriles is 1. The zero-order valence-corrected chi connectivity index (χ0v) is 14.4. The molecular weight excluding hydrogens is 332 g/mol. The van der Waals surface area contributed by atoms with Crippen molar-refractivity contribution in [1.82, 2.24) is 0 Å². The number of nitrogens with two attached hydrogens (primary N) is 1. The first kappa shape index (κ1) is 16.6. The van der Waals surface area contributed by atoms with E-state index in [0.29, 0.717) is 9.88 Å². The van der Waals surface area contributed by atoms with Gasteiger partial charge in [-0.05, 0) is 30.7 Å². The van der Waals surface area contributed by atoms with Crippen LogP contribution in [0.2, 0.25) is 0 Å². The Kier molecular flexibility index (Phi) is 4.68. The number of nitrogens with zero attached hydrogens (tertiary/aromatic N) is 1. The fraction of sp³-hybridized carbons (Fsp3) is 0.0526. The van der Waals surface area contributed by atoms with Crippen molar-refractivity contribution in [3.8, 4) is 6.07 Å². The number of hydrogen-bond donors (Lipinski definition) is 3. The summed E-state index contributed by atoms with van der Waals surface area (Å²) in [6.07, 6.45) is 0. The van der Waals surface area contributed by atoms with Crippen molar-refractivity contribution in [1.29, 1.82) is 5.26 Å². The Morgan fingerprint density at radius 3 is 2.48 bits per heavy atom. The number of nitrogen functional groups attached to an aromatic ring is 1. The Hall–Kier alpha value is -3.30. The number of anilines is 4. The highest BCUT2D eigenvalue weighted by atomic mass is 32.1. The summed E-state index contributed by atoms with van der Waals surface area (Å²) in [6.45, 7) is 1.91. The van der Waals surface area contributed by atoms with Crippen molar-refractivity contribution in [2.24, 2.45) is 0 Å². The van der Waals surface area contributed by atoms with Gasteiger partial charge < -0.3 is 16.4 Å². The Balaban J connectivity index is 1.91. The van der Waals surface area contributed by atoms with Crippen molar-refractivity contribution in [3.05, 3.63) is 70.6 Å². The zero-order chi connectivity index (χ0) is 17.8. The highest BCUT2D eigenvalue weighted by molar-refractivity contribution is 7.19. The molecule has 0 unspecified atom stereocenters. The zero-order valence-electron chi connectivity index (χ0n) is 13.5. The van der Waals surface area contributed by atoms with E-state index in [1.165, 1.54) is 11.3 Å². The summed E-state index contributed by atoms with van der Waals surface area (Å²) in [5.41, 5.74) is 9.02. The molecule has 1 amide bonds. The number of para-hydroxylation sites is 2. The Morgan fingerprint density at radius 1 is 1.12 bits per heavy atom. The molecular formula is C19H16N4OS. The summed E-state index contributed by atoms with van der Waals surface area (Å²) in [4.78, 5) is 12.9. The van der Waals surface area contributed by atoms with Crippen LogP contribution in [0.1, 0.15) is 20.8 Å². The second-order valence-electron chi connectivity index (χ2n) is 5.42. The molecule has 4 N–H and O–H groups in total. The molecule has 0 aliphatic rings. The van der Waals surface area contributed by atoms with Gasteiger partial charge in [0.1, 0.15) is 21.5 Å². The lowest BCUT2D eigenvalue weighted by Crippen LogP contribution is -2.12. The molecule has 0 saturated carbocycles. The van der Waals surface area contributed by atoms with Gasteiger partial charge in [0.05, 0.1) is 5.69 Å². The first-order chi connectivity index (χ1) is 12.1. The van der Waals surface area contributed by atoms with Crippen LogP contribution in [0.3, 0.4) is 0 Å². The van der Waals surface area contributed by atoms with Crippen LogP contribution < -0.4 is 16.4 Å². The molecule has 2 aromatic carbocycles. The number of hydrogen-bond acceptors (Lipinski definition) is 5. The maximum absolute atomic E-state index is 12.6. The number of thiophene rings is 1. The van der Waals surface area contributed by atoms with E-state index >= 15 is 0 Å². The van der Waals surface area contributed by atoms with Crippen molar-refractivity contribution in [2.45, 2.75) is 6.92 Å². The molecule has 0 radical (unpaired) electrons. The number of benzene rings is 2. The molecule has 3 aromatic rings. The number of aryl methyl sites for hydroxylation is 1. The van der Waals surface area contributed by atoms with Crippen LogP contribution in [0.15, 0.2) is 54.6 Å². The third-order valence-electron chi connectivity index (χ3n) is 3.69. The first-order valence-electron chi connectivity index (χ1n) is 7.61. The minimum Gasteiger partial charge on any atom is -0.396 e. The van der Waals surface area contributed by atoms with E-state index in [0.717, 1.165) is 16.9 Å². The summed E-state index contributed by atoms with van der Waals surface area (Å²) in [6, 6.07) is 19.0. The number of rotatable bonds is 4. The van der Waals surface area contributed by atoms with Crippen LogP contribution in [0.4, 0.5) is 22.1 Å². The van der Waals surface area contributed by atoms with Gasteiger partial charge in [-0.1, -0.05) is 36.4 Å². The maximum atomic E-state index is 12.6. The fourth-order valence-electron chi connectivity index (χ4n) is 2.36. The fourth-order valence-corrected chi connectivity index (χ4v) is 3.34. The van der Waals surface area contributed by atoms with Crippen LogP contribution in [0, 0.1) is 18.3 Å². The van der Waals surface area contributed by atoms with Gasteiger partial charge in [-0.15, -0.1) is 11.3 Å².